The highest BCUT2D eigenvalue weighted by Crippen LogP contribution is 2.13. The fourth-order valence-corrected chi connectivity index (χ4v) is 1.85. The maximum atomic E-state index is 11.8. The minimum Gasteiger partial charge on any atom is -0.294 e. The molecule has 0 aliphatic rings. The number of carbonyl (C=O) groups is 1. The minimum atomic E-state index is 0.108. The Hall–Kier alpha value is -1.23. The van der Waals surface area contributed by atoms with Gasteiger partial charge >= 0.3 is 0 Å². The lowest BCUT2D eigenvalue weighted by molar-refractivity contribution is 0.0983. The predicted octanol–water partition coefficient (Wildman–Crippen LogP) is 2.61. The molecule has 0 N–H and O–H groups in total. The van der Waals surface area contributed by atoms with Crippen molar-refractivity contribution < 1.29 is 4.79 Å². The summed E-state index contributed by atoms with van der Waals surface area (Å²) in [5, 5.41) is 4.79. The molecule has 0 bridgehead atoms. The lowest BCUT2D eigenvalue weighted by atomic mass is 10.1. The minimum absolute atomic E-state index is 0.108. The monoisotopic (exact) mass is 281 g/mol. The average molecular weight is 282 g/mol. The summed E-state index contributed by atoms with van der Waals surface area (Å²) in [6.45, 7) is 1.99. The fraction of sp³-hybridized carbons (Fsp3) is 0.364. The van der Waals surface area contributed by atoms with Crippen LogP contribution in [0.25, 0.3) is 5.65 Å². The Bertz CT molecular complexity index is 521. The molecule has 0 radical (unpaired) electrons. The molecule has 5 heteroatoms. The highest BCUT2D eigenvalue weighted by Gasteiger charge is 2.13. The van der Waals surface area contributed by atoms with E-state index in [1.807, 2.05) is 19.2 Å². The van der Waals surface area contributed by atoms with Crippen molar-refractivity contribution in [2.24, 2.45) is 0 Å². The van der Waals surface area contributed by atoms with Crippen LogP contribution in [0.5, 0.6) is 0 Å². The molecule has 0 saturated carbocycles. The molecule has 0 fully saturated rings. The molecule has 0 aliphatic heterocycles. The van der Waals surface area contributed by atoms with Gasteiger partial charge in [0.15, 0.2) is 11.4 Å². The third-order valence-electron chi connectivity index (χ3n) is 2.34. The number of carbonyl (C=O) groups excluding carboxylic acids is 1. The van der Waals surface area contributed by atoms with Crippen LogP contribution in [0.2, 0.25) is 0 Å². The Morgan fingerprint density at radius 3 is 3.06 bits per heavy atom. The topological polar surface area (TPSA) is 47.3 Å². The van der Waals surface area contributed by atoms with E-state index in [4.69, 9.17) is 0 Å². The van der Waals surface area contributed by atoms with Crippen LogP contribution in [-0.2, 0) is 5.33 Å². The Morgan fingerprint density at radius 1 is 1.56 bits per heavy atom. The Kier molecular flexibility index (Phi) is 3.33. The SMILES string of the molecule is CCCC(=O)c1cnn2ccc(CBr)nc12. The van der Waals surface area contributed by atoms with E-state index in [0.29, 0.717) is 23.0 Å². The molecule has 16 heavy (non-hydrogen) atoms. The van der Waals surface area contributed by atoms with Crippen molar-refractivity contribution in [1.29, 1.82) is 0 Å². The normalized spacial score (nSPS) is 10.9. The van der Waals surface area contributed by atoms with E-state index in [1.54, 1.807) is 10.7 Å². The summed E-state index contributed by atoms with van der Waals surface area (Å²) in [5.74, 6) is 0.108. The van der Waals surface area contributed by atoms with Crippen LogP contribution < -0.4 is 0 Å². The van der Waals surface area contributed by atoms with Gasteiger partial charge in [-0.3, -0.25) is 4.79 Å². The van der Waals surface area contributed by atoms with Gasteiger partial charge in [0, 0.05) is 17.9 Å². The first-order valence-electron chi connectivity index (χ1n) is 5.18. The second kappa shape index (κ2) is 4.74. The largest absolute Gasteiger partial charge is 0.294 e. The van der Waals surface area contributed by atoms with Crippen LogP contribution in [0.3, 0.4) is 0 Å². The van der Waals surface area contributed by atoms with Crippen LogP contribution in [0.15, 0.2) is 18.5 Å². The second-order valence-electron chi connectivity index (χ2n) is 3.55. The smallest absolute Gasteiger partial charge is 0.168 e. The first-order valence-corrected chi connectivity index (χ1v) is 6.30. The van der Waals surface area contributed by atoms with Crippen molar-refractivity contribution in [2.45, 2.75) is 25.1 Å². The number of alkyl halides is 1. The van der Waals surface area contributed by atoms with Gasteiger partial charge in [-0.25, -0.2) is 9.50 Å². The first-order chi connectivity index (χ1) is 7.76. The number of ketones is 1. The quantitative estimate of drug-likeness (QED) is 0.639. The van der Waals surface area contributed by atoms with E-state index < -0.39 is 0 Å². The molecule has 0 aromatic carbocycles. The molecule has 4 nitrogen and oxygen atoms in total. The lowest BCUT2D eigenvalue weighted by Gasteiger charge is -1.99. The molecule has 0 saturated heterocycles. The molecule has 0 spiro atoms. The average Bonchev–Trinajstić information content (AvgIpc) is 2.71. The highest BCUT2D eigenvalue weighted by atomic mass is 79.9. The van der Waals surface area contributed by atoms with Crippen molar-refractivity contribution in [1.82, 2.24) is 14.6 Å². The van der Waals surface area contributed by atoms with Gasteiger partial charge in [0.1, 0.15) is 0 Å². The number of hydrogen-bond acceptors (Lipinski definition) is 3. The molecule has 2 rings (SSSR count). The van der Waals surface area contributed by atoms with E-state index in [9.17, 15) is 4.79 Å². The van der Waals surface area contributed by atoms with E-state index >= 15 is 0 Å². The zero-order chi connectivity index (χ0) is 11.5. The van der Waals surface area contributed by atoms with Gasteiger partial charge < -0.3 is 0 Å². The Balaban J connectivity index is 2.49. The number of aromatic nitrogens is 3. The Morgan fingerprint density at radius 2 is 2.38 bits per heavy atom. The molecular formula is C11H12BrN3O. The Labute approximate surface area is 102 Å². The zero-order valence-corrected chi connectivity index (χ0v) is 10.6. The van der Waals surface area contributed by atoms with Crippen molar-refractivity contribution in [3.8, 4) is 0 Å². The van der Waals surface area contributed by atoms with Gasteiger partial charge in [-0.05, 0) is 12.5 Å². The standard InChI is InChI=1S/C11H12BrN3O/c1-2-3-10(16)9-7-13-15-5-4-8(6-12)14-11(9)15/h4-5,7H,2-3,6H2,1H3. The molecule has 0 amide bonds. The number of Topliss-reactive ketones (excluding diaryl/α,β-unsaturated/α-hetero) is 1. The third-order valence-corrected chi connectivity index (χ3v) is 2.92. The van der Waals surface area contributed by atoms with E-state index in [0.717, 1.165) is 12.1 Å². The summed E-state index contributed by atoms with van der Waals surface area (Å²) < 4.78 is 1.63. The van der Waals surface area contributed by atoms with Gasteiger partial charge in [0.05, 0.1) is 17.5 Å². The number of nitrogens with zero attached hydrogens (tertiary/aromatic N) is 3. The van der Waals surface area contributed by atoms with Crippen molar-refractivity contribution in [2.75, 3.05) is 0 Å². The molecular weight excluding hydrogens is 270 g/mol. The van der Waals surface area contributed by atoms with E-state index in [-0.39, 0.29) is 5.78 Å². The fourth-order valence-electron chi connectivity index (χ4n) is 1.54. The molecule has 84 valence electrons. The predicted molar refractivity (Wildman–Crippen MR) is 64.9 cm³/mol. The number of rotatable bonds is 4. The van der Waals surface area contributed by atoms with Crippen LogP contribution in [-0.4, -0.2) is 20.4 Å². The molecule has 2 heterocycles. The molecule has 2 aromatic heterocycles. The van der Waals surface area contributed by atoms with Crippen LogP contribution in [0.4, 0.5) is 0 Å². The van der Waals surface area contributed by atoms with Crippen molar-refractivity contribution in [3.63, 3.8) is 0 Å². The number of fused-ring (bicyclic) bond motifs is 1. The van der Waals surface area contributed by atoms with Crippen LogP contribution in [0.1, 0.15) is 35.8 Å². The summed E-state index contributed by atoms with van der Waals surface area (Å²) >= 11 is 3.35. The maximum Gasteiger partial charge on any atom is 0.168 e. The van der Waals surface area contributed by atoms with E-state index in [1.165, 1.54) is 0 Å². The second-order valence-corrected chi connectivity index (χ2v) is 4.11. The zero-order valence-electron chi connectivity index (χ0n) is 8.98. The highest BCUT2D eigenvalue weighted by molar-refractivity contribution is 9.08. The van der Waals surface area contributed by atoms with Gasteiger partial charge in [-0.1, -0.05) is 22.9 Å². The van der Waals surface area contributed by atoms with Crippen LogP contribution in [0, 0.1) is 0 Å². The van der Waals surface area contributed by atoms with Gasteiger partial charge in [0.2, 0.25) is 0 Å². The third kappa shape index (κ3) is 2.00. The number of halogens is 1. The lowest BCUT2D eigenvalue weighted by Crippen LogP contribution is -2.00. The maximum absolute atomic E-state index is 11.8. The molecule has 0 aliphatic carbocycles. The van der Waals surface area contributed by atoms with Crippen LogP contribution >= 0.6 is 15.9 Å². The van der Waals surface area contributed by atoms with Gasteiger partial charge in [0.25, 0.3) is 0 Å². The van der Waals surface area contributed by atoms with E-state index in [2.05, 4.69) is 26.0 Å². The summed E-state index contributed by atoms with van der Waals surface area (Å²) in [7, 11) is 0. The molecule has 2 aromatic rings. The van der Waals surface area contributed by atoms with Crippen molar-refractivity contribution in [3.05, 3.63) is 29.7 Å². The summed E-state index contributed by atoms with van der Waals surface area (Å²) in [6.07, 6.45) is 4.80. The number of hydrogen-bond donors (Lipinski definition) is 0. The first kappa shape index (κ1) is 11.3. The van der Waals surface area contributed by atoms with Crippen molar-refractivity contribution >= 4 is 27.4 Å². The summed E-state index contributed by atoms with van der Waals surface area (Å²) in [4.78, 5) is 16.2. The molecule has 0 atom stereocenters. The van der Waals surface area contributed by atoms with Gasteiger partial charge in [-0.15, -0.1) is 0 Å². The summed E-state index contributed by atoms with van der Waals surface area (Å²) in [6, 6.07) is 1.88. The van der Waals surface area contributed by atoms with Gasteiger partial charge in [-0.2, -0.15) is 5.10 Å². The summed E-state index contributed by atoms with van der Waals surface area (Å²) in [5.41, 5.74) is 2.17. The molecule has 0 unspecified atom stereocenters.